The highest BCUT2D eigenvalue weighted by Gasteiger charge is 2.22. The maximum Gasteiger partial charge on any atom is 0.146 e. The molecule has 0 atom stereocenters. The minimum absolute atomic E-state index is 0.121. The van der Waals surface area contributed by atoms with E-state index in [0.717, 1.165) is 51.0 Å². The molecule has 2 fully saturated rings. The van der Waals surface area contributed by atoms with Crippen LogP contribution < -0.4 is 10.2 Å². The van der Waals surface area contributed by atoms with Gasteiger partial charge in [0.25, 0.3) is 0 Å². The zero-order chi connectivity index (χ0) is 14.7. The predicted octanol–water partition coefficient (Wildman–Crippen LogP) is 2.26. The minimum Gasteiger partial charge on any atom is -0.367 e. The van der Waals surface area contributed by atoms with Crippen LogP contribution in [-0.2, 0) is 0 Å². The molecule has 0 spiro atoms. The molecule has 21 heavy (non-hydrogen) atoms. The Labute approximate surface area is 126 Å². The van der Waals surface area contributed by atoms with E-state index < -0.39 is 0 Å². The van der Waals surface area contributed by atoms with E-state index in [1.54, 1.807) is 6.07 Å². The van der Waals surface area contributed by atoms with Gasteiger partial charge in [-0.2, -0.15) is 0 Å². The first-order chi connectivity index (χ1) is 10.2. The molecule has 1 aliphatic heterocycles. The highest BCUT2D eigenvalue weighted by molar-refractivity contribution is 5.48. The van der Waals surface area contributed by atoms with Crippen LogP contribution in [0.4, 0.5) is 10.1 Å². The largest absolute Gasteiger partial charge is 0.367 e. The minimum atomic E-state index is -0.121. The fourth-order valence-electron chi connectivity index (χ4n) is 2.80. The van der Waals surface area contributed by atoms with E-state index >= 15 is 0 Å². The second-order valence-electron chi connectivity index (χ2n) is 6.12. The molecule has 114 valence electrons. The van der Waals surface area contributed by atoms with Gasteiger partial charge in [-0.15, -0.1) is 0 Å². The van der Waals surface area contributed by atoms with Crippen LogP contribution in [0.15, 0.2) is 36.4 Å². The van der Waals surface area contributed by atoms with Crippen LogP contribution in [0.5, 0.6) is 0 Å². The molecule has 1 aromatic rings. The smallest absolute Gasteiger partial charge is 0.146 e. The van der Waals surface area contributed by atoms with Crippen molar-refractivity contribution in [3.63, 3.8) is 0 Å². The molecule has 0 unspecified atom stereocenters. The van der Waals surface area contributed by atoms with E-state index in [2.05, 4.69) is 21.7 Å². The van der Waals surface area contributed by atoms with Gasteiger partial charge in [0.2, 0.25) is 0 Å². The second kappa shape index (κ2) is 6.58. The fraction of sp³-hybridized carbons (Fsp3) is 0.529. The zero-order valence-corrected chi connectivity index (χ0v) is 12.5. The van der Waals surface area contributed by atoms with Gasteiger partial charge in [-0.1, -0.05) is 18.7 Å². The first-order valence-electron chi connectivity index (χ1n) is 7.84. The van der Waals surface area contributed by atoms with E-state index in [0.29, 0.717) is 0 Å². The maximum absolute atomic E-state index is 13.8. The highest BCUT2D eigenvalue weighted by Crippen LogP contribution is 2.21. The van der Waals surface area contributed by atoms with Crippen molar-refractivity contribution in [2.45, 2.75) is 18.9 Å². The van der Waals surface area contributed by atoms with Crippen molar-refractivity contribution in [2.24, 2.45) is 0 Å². The number of hydrogen-bond acceptors (Lipinski definition) is 3. The third-order valence-corrected chi connectivity index (χ3v) is 4.23. The number of piperazine rings is 1. The van der Waals surface area contributed by atoms with E-state index in [9.17, 15) is 4.39 Å². The first-order valence-corrected chi connectivity index (χ1v) is 7.84. The molecule has 1 aliphatic carbocycles. The Hall–Kier alpha value is -1.39. The second-order valence-corrected chi connectivity index (χ2v) is 6.12. The SMILES string of the molecule is C=C(CNC1CC1)CN1CCN(c2ccccc2F)CC1. The van der Waals surface area contributed by atoms with Gasteiger partial charge in [0.1, 0.15) is 5.82 Å². The summed E-state index contributed by atoms with van der Waals surface area (Å²) in [5.41, 5.74) is 1.98. The van der Waals surface area contributed by atoms with E-state index in [1.165, 1.54) is 24.5 Å². The lowest BCUT2D eigenvalue weighted by atomic mass is 10.2. The number of para-hydroxylation sites is 1. The van der Waals surface area contributed by atoms with Gasteiger partial charge in [0.05, 0.1) is 5.69 Å². The Morgan fingerprint density at radius 1 is 1.19 bits per heavy atom. The van der Waals surface area contributed by atoms with E-state index in [4.69, 9.17) is 0 Å². The summed E-state index contributed by atoms with van der Waals surface area (Å²) >= 11 is 0. The van der Waals surface area contributed by atoms with Crippen molar-refractivity contribution in [2.75, 3.05) is 44.2 Å². The summed E-state index contributed by atoms with van der Waals surface area (Å²) in [6.45, 7) is 9.74. The predicted molar refractivity (Wildman–Crippen MR) is 85.2 cm³/mol. The van der Waals surface area contributed by atoms with E-state index in [1.807, 2.05) is 12.1 Å². The van der Waals surface area contributed by atoms with Crippen LogP contribution in [0, 0.1) is 5.82 Å². The fourth-order valence-corrected chi connectivity index (χ4v) is 2.80. The third-order valence-electron chi connectivity index (χ3n) is 4.23. The lowest BCUT2D eigenvalue weighted by Gasteiger charge is -2.36. The summed E-state index contributed by atoms with van der Waals surface area (Å²) in [6.07, 6.45) is 2.63. The molecule has 0 bridgehead atoms. The first kappa shape index (κ1) is 14.5. The maximum atomic E-state index is 13.8. The Balaban J connectivity index is 1.44. The van der Waals surface area contributed by atoms with Crippen LogP contribution >= 0.6 is 0 Å². The van der Waals surface area contributed by atoms with Gasteiger partial charge in [0, 0.05) is 45.3 Å². The normalized spacial score (nSPS) is 19.8. The average molecular weight is 289 g/mol. The van der Waals surface area contributed by atoms with Gasteiger partial charge in [-0.05, 0) is 30.5 Å². The molecule has 0 amide bonds. The summed E-state index contributed by atoms with van der Waals surface area (Å²) in [6, 6.07) is 7.78. The van der Waals surface area contributed by atoms with E-state index in [-0.39, 0.29) is 5.82 Å². The number of anilines is 1. The molecule has 1 aromatic carbocycles. The molecule has 3 rings (SSSR count). The Bertz CT molecular complexity index is 491. The number of nitrogens with zero attached hydrogens (tertiary/aromatic N) is 2. The Morgan fingerprint density at radius 2 is 1.90 bits per heavy atom. The van der Waals surface area contributed by atoms with Crippen LogP contribution in [-0.4, -0.2) is 50.2 Å². The number of hydrogen-bond donors (Lipinski definition) is 1. The molecule has 1 heterocycles. The van der Waals surface area contributed by atoms with Gasteiger partial charge in [-0.25, -0.2) is 4.39 Å². The third kappa shape index (κ3) is 4.05. The van der Waals surface area contributed by atoms with Crippen molar-refractivity contribution in [3.05, 3.63) is 42.2 Å². The van der Waals surface area contributed by atoms with Crippen molar-refractivity contribution in [3.8, 4) is 0 Å². The Kier molecular flexibility index (Phi) is 4.56. The number of halogens is 1. The van der Waals surface area contributed by atoms with Crippen molar-refractivity contribution < 1.29 is 4.39 Å². The summed E-state index contributed by atoms with van der Waals surface area (Å²) in [5.74, 6) is -0.121. The van der Waals surface area contributed by atoms with Crippen LogP contribution in [0.2, 0.25) is 0 Å². The van der Waals surface area contributed by atoms with Crippen LogP contribution in [0.3, 0.4) is 0 Å². The molecule has 2 aliphatic rings. The summed E-state index contributed by atoms with van der Waals surface area (Å²) in [5, 5.41) is 3.50. The molecular formula is C17H24FN3. The zero-order valence-electron chi connectivity index (χ0n) is 12.5. The molecule has 4 heteroatoms. The number of rotatable bonds is 6. The van der Waals surface area contributed by atoms with Crippen LogP contribution in [0.1, 0.15) is 12.8 Å². The van der Waals surface area contributed by atoms with Crippen molar-refractivity contribution >= 4 is 5.69 Å². The molecule has 1 saturated carbocycles. The molecule has 1 saturated heterocycles. The number of nitrogens with one attached hydrogen (secondary N) is 1. The molecular weight excluding hydrogens is 265 g/mol. The molecule has 1 N–H and O–H groups in total. The van der Waals surface area contributed by atoms with Crippen molar-refractivity contribution in [1.29, 1.82) is 0 Å². The summed E-state index contributed by atoms with van der Waals surface area (Å²) in [4.78, 5) is 4.55. The van der Waals surface area contributed by atoms with Crippen LogP contribution in [0.25, 0.3) is 0 Å². The molecule has 0 radical (unpaired) electrons. The summed E-state index contributed by atoms with van der Waals surface area (Å²) in [7, 11) is 0. The number of benzene rings is 1. The lowest BCUT2D eigenvalue weighted by Crippen LogP contribution is -2.47. The van der Waals surface area contributed by atoms with Crippen molar-refractivity contribution in [1.82, 2.24) is 10.2 Å². The van der Waals surface area contributed by atoms with Gasteiger partial charge in [0.15, 0.2) is 0 Å². The quantitative estimate of drug-likeness (QED) is 0.810. The monoisotopic (exact) mass is 289 g/mol. The summed E-state index contributed by atoms with van der Waals surface area (Å²) < 4.78 is 13.8. The standard InChI is InChI=1S/C17H24FN3/c1-14(12-19-15-6-7-15)13-20-8-10-21(11-9-20)17-5-3-2-4-16(17)18/h2-5,15,19H,1,6-13H2. The average Bonchev–Trinajstić information content (AvgIpc) is 3.31. The van der Waals surface area contributed by atoms with Gasteiger partial charge >= 0.3 is 0 Å². The molecule has 0 aromatic heterocycles. The van der Waals surface area contributed by atoms with Gasteiger partial charge in [-0.3, -0.25) is 4.90 Å². The Morgan fingerprint density at radius 3 is 2.57 bits per heavy atom. The highest BCUT2D eigenvalue weighted by atomic mass is 19.1. The topological polar surface area (TPSA) is 18.5 Å². The van der Waals surface area contributed by atoms with Gasteiger partial charge < -0.3 is 10.2 Å². The molecule has 3 nitrogen and oxygen atoms in total. The lowest BCUT2D eigenvalue weighted by molar-refractivity contribution is 0.276.